The molecule has 0 radical (unpaired) electrons. The van der Waals surface area contributed by atoms with E-state index in [2.05, 4.69) is 9.97 Å². The van der Waals surface area contributed by atoms with Crippen LogP contribution in [-0.2, 0) is 6.54 Å². The molecule has 2 aromatic heterocycles. The molecule has 3 aromatic rings. The maximum Gasteiger partial charge on any atom is 0.145 e. The second-order valence-electron chi connectivity index (χ2n) is 5.35. The van der Waals surface area contributed by atoms with Crippen molar-refractivity contribution in [2.24, 2.45) is 0 Å². The van der Waals surface area contributed by atoms with Crippen molar-refractivity contribution in [3.63, 3.8) is 0 Å². The highest BCUT2D eigenvalue weighted by Gasteiger charge is 2.30. The SMILES string of the molecule is N=C1C(c2nc3ccc(F)cc3[nH]2)=C(O)CN1Cc1cccs1. The number of hydrogen-bond donors (Lipinski definition) is 3. The second kappa shape index (κ2) is 5.20. The highest BCUT2D eigenvalue weighted by molar-refractivity contribution is 7.09. The molecule has 0 saturated carbocycles. The third-order valence-corrected chi connectivity index (χ3v) is 4.65. The number of nitrogens with one attached hydrogen (secondary N) is 2. The molecule has 0 bridgehead atoms. The van der Waals surface area contributed by atoms with Crippen LogP contribution in [0.15, 0.2) is 41.5 Å². The van der Waals surface area contributed by atoms with E-state index in [9.17, 15) is 9.50 Å². The number of aliphatic hydroxyl groups is 1. The largest absolute Gasteiger partial charge is 0.510 e. The van der Waals surface area contributed by atoms with Crippen LogP contribution in [0.5, 0.6) is 0 Å². The van der Waals surface area contributed by atoms with Gasteiger partial charge in [0.05, 0.1) is 29.7 Å². The average Bonchev–Trinajstić information content (AvgIpc) is 3.20. The zero-order valence-corrected chi connectivity index (χ0v) is 12.8. The lowest BCUT2D eigenvalue weighted by Crippen LogP contribution is -2.25. The van der Waals surface area contributed by atoms with Crippen molar-refractivity contribution < 1.29 is 9.50 Å². The fraction of sp³-hybridized carbons (Fsp3) is 0.125. The number of fused-ring (bicyclic) bond motifs is 1. The topological polar surface area (TPSA) is 76.0 Å². The van der Waals surface area contributed by atoms with E-state index in [-0.39, 0.29) is 24.0 Å². The fourth-order valence-corrected chi connectivity index (χ4v) is 3.43. The number of imidazole rings is 1. The van der Waals surface area contributed by atoms with E-state index in [0.717, 1.165) is 4.88 Å². The number of hydrogen-bond acceptors (Lipinski definition) is 4. The second-order valence-corrected chi connectivity index (χ2v) is 6.38. The monoisotopic (exact) mass is 328 g/mol. The normalized spacial score (nSPS) is 15.2. The van der Waals surface area contributed by atoms with Gasteiger partial charge in [-0.25, -0.2) is 9.37 Å². The quantitative estimate of drug-likeness (QED) is 0.688. The van der Waals surface area contributed by atoms with Crippen LogP contribution in [0.2, 0.25) is 0 Å². The number of H-pyrrole nitrogens is 1. The van der Waals surface area contributed by atoms with E-state index in [4.69, 9.17) is 5.41 Å². The van der Waals surface area contributed by atoms with Crippen molar-refractivity contribution >= 4 is 33.8 Å². The summed E-state index contributed by atoms with van der Waals surface area (Å²) in [6.45, 7) is 0.844. The molecule has 0 fully saturated rings. The summed E-state index contributed by atoms with van der Waals surface area (Å²) in [6, 6.07) is 8.22. The summed E-state index contributed by atoms with van der Waals surface area (Å²) in [4.78, 5) is 10.3. The molecule has 5 nitrogen and oxygen atoms in total. The number of amidine groups is 1. The molecule has 0 spiro atoms. The number of rotatable bonds is 3. The molecule has 4 rings (SSSR count). The van der Waals surface area contributed by atoms with E-state index < -0.39 is 0 Å². The van der Waals surface area contributed by atoms with Gasteiger partial charge in [-0.2, -0.15) is 0 Å². The Labute approximate surface area is 135 Å². The molecule has 0 unspecified atom stereocenters. The molecular weight excluding hydrogens is 315 g/mol. The van der Waals surface area contributed by atoms with E-state index in [1.165, 1.54) is 12.1 Å². The van der Waals surface area contributed by atoms with Crippen LogP contribution < -0.4 is 0 Å². The predicted octanol–water partition coefficient (Wildman–Crippen LogP) is 3.53. The van der Waals surface area contributed by atoms with E-state index >= 15 is 0 Å². The van der Waals surface area contributed by atoms with Crippen molar-refractivity contribution in [3.8, 4) is 0 Å². The molecule has 116 valence electrons. The predicted molar refractivity (Wildman–Crippen MR) is 88.1 cm³/mol. The van der Waals surface area contributed by atoms with Crippen molar-refractivity contribution in [2.45, 2.75) is 6.54 Å². The standard InChI is InChI=1S/C16H13FN4OS/c17-9-3-4-11-12(6-9)20-16(19-11)14-13(22)8-21(15(14)18)7-10-2-1-5-23-10/h1-6,18,22H,7-8H2,(H,19,20). The van der Waals surface area contributed by atoms with Gasteiger partial charge in [-0.1, -0.05) is 6.07 Å². The molecule has 0 amide bonds. The van der Waals surface area contributed by atoms with Crippen molar-refractivity contribution in [1.29, 1.82) is 5.41 Å². The van der Waals surface area contributed by atoms with Gasteiger partial charge in [0, 0.05) is 4.88 Å². The molecule has 0 aliphatic carbocycles. The number of thiophene rings is 1. The number of aliphatic hydroxyl groups excluding tert-OH is 1. The molecular formula is C16H13FN4OS. The van der Waals surface area contributed by atoms with Gasteiger partial charge in [-0.05, 0) is 29.6 Å². The first-order chi connectivity index (χ1) is 11.1. The Hall–Kier alpha value is -2.67. The highest BCUT2D eigenvalue weighted by Crippen LogP contribution is 2.28. The lowest BCUT2D eigenvalue weighted by Gasteiger charge is -2.17. The summed E-state index contributed by atoms with van der Waals surface area (Å²) in [5, 5.41) is 20.6. The molecule has 7 heteroatoms. The smallest absolute Gasteiger partial charge is 0.145 e. The summed E-state index contributed by atoms with van der Waals surface area (Å²) in [5.41, 5.74) is 1.52. The minimum absolute atomic E-state index is 0.103. The number of aromatic amines is 1. The zero-order chi connectivity index (χ0) is 16.0. The molecule has 0 saturated heterocycles. The maximum atomic E-state index is 13.3. The minimum atomic E-state index is -0.355. The molecule has 23 heavy (non-hydrogen) atoms. The van der Waals surface area contributed by atoms with Gasteiger partial charge in [0.2, 0.25) is 0 Å². The number of aromatic nitrogens is 2. The summed E-state index contributed by atoms with van der Waals surface area (Å²) in [7, 11) is 0. The molecule has 1 aromatic carbocycles. The van der Waals surface area contributed by atoms with Gasteiger partial charge in [0.15, 0.2) is 0 Å². The third kappa shape index (κ3) is 2.39. The molecule has 3 N–H and O–H groups in total. The van der Waals surface area contributed by atoms with Crippen LogP contribution in [0, 0.1) is 11.2 Å². The van der Waals surface area contributed by atoms with Gasteiger partial charge >= 0.3 is 0 Å². The van der Waals surface area contributed by atoms with Crippen LogP contribution in [0.3, 0.4) is 0 Å². The minimum Gasteiger partial charge on any atom is -0.510 e. The fourth-order valence-electron chi connectivity index (χ4n) is 2.71. The lowest BCUT2D eigenvalue weighted by atomic mass is 10.2. The first-order valence-electron chi connectivity index (χ1n) is 7.06. The van der Waals surface area contributed by atoms with E-state index in [1.54, 1.807) is 22.3 Å². The Morgan fingerprint density at radius 1 is 1.39 bits per heavy atom. The Kier molecular flexibility index (Phi) is 3.16. The van der Waals surface area contributed by atoms with E-state index in [0.29, 0.717) is 29.0 Å². The van der Waals surface area contributed by atoms with E-state index in [1.807, 2.05) is 17.5 Å². The van der Waals surface area contributed by atoms with Crippen molar-refractivity contribution in [2.75, 3.05) is 6.54 Å². The summed E-state index contributed by atoms with van der Waals surface area (Å²) < 4.78 is 13.3. The first-order valence-corrected chi connectivity index (χ1v) is 7.94. The van der Waals surface area contributed by atoms with Crippen LogP contribution in [0.1, 0.15) is 10.7 Å². The van der Waals surface area contributed by atoms with Gasteiger partial charge in [-0.3, -0.25) is 5.41 Å². The molecule has 1 aliphatic heterocycles. The van der Waals surface area contributed by atoms with Gasteiger partial charge in [-0.15, -0.1) is 11.3 Å². The maximum absolute atomic E-state index is 13.3. The first kappa shape index (κ1) is 14.0. The van der Waals surface area contributed by atoms with Crippen LogP contribution in [0.4, 0.5) is 4.39 Å². The van der Waals surface area contributed by atoms with Gasteiger partial charge in [0.1, 0.15) is 23.2 Å². The number of halogens is 1. The Morgan fingerprint density at radius 2 is 2.26 bits per heavy atom. The average molecular weight is 328 g/mol. The Balaban J connectivity index is 1.67. The number of benzene rings is 1. The van der Waals surface area contributed by atoms with Crippen LogP contribution in [0.25, 0.3) is 16.6 Å². The molecule has 3 heterocycles. The number of nitrogens with zero attached hydrogens (tertiary/aromatic N) is 2. The Bertz CT molecular complexity index is 929. The van der Waals surface area contributed by atoms with Crippen LogP contribution >= 0.6 is 11.3 Å². The summed E-state index contributed by atoms with van der Waals surface area (Å²) >= 11 is 1.61. The Morgan fingerprint density at radius 3 is 3.04 bits per heavy atom. The molecule has 0 atom stereocenters. The van der Waals surface area contributed by atoms with Gasteiger partial charge < -0.3 is 15.0 Å². The third-order valence-electron chi connectivity index (χ3n) is 3.79. The highest BCUT2D eigenvalue weighted by atomic mass is 32.1. The molecule has 1 aliphatic rings. The van der Waals surface area contributed by atoms with Crippen molar-refractivity contribution in [3.05, 3.63) is 58.0 Å². The lowest BCUT2D eigenvalue weighted by molar-refractivity contribution is 0.348. The zero-order valence-electron chi connectivity index (χ0n) is 12.0. The van der Waals surface area contributed by atoms with Crippen molar-refractivity contribution in [1.82, 2.24) is 14.9 Å². The van der Waals surface area contributed by atoms with Gasteiger partial charge in [0.25, 0.3) is 0 Å². The summed E-state index contributed by atoms with van der Waals surface area (Å²) in [6.07, 6.45) is 0. The van der Waals surface area contributed by atoms with Crippen LogP contribution in [-0.4, -0.2) is 32.4 Å². The summed E-state index contributed by atoms with van der Waals surface area (Å²) in [5.74, 6) is 0.356.